The number of hydrogen-bond donors (Lipinski definition) is 0. The lowest BCUT2D eigenvalue weighted by atomic mass is 10.0. The number of ether oxygens (including phenoxy) is 1. The summed E-state index contributed by atoms with van der Waals surface area (Å²) in [5.74, 6) is -0.783. The molecule has 2 aromatic carbocycles. The highest BCUT2D eigenvalue weighted by molar-refractivity contribution is 5.96. The Morgan fingerprint density at radius 3 is 2.30 bits per heavy atom. The van der Waals surface area contributed by atoms with E-state index in [1.807, 2.05) is 39.2 Å². The van der Waals surface area contributed by atoms with Gasteiger partial charge in [-0.1, -0.05) is 13.8 Å². The van der Waals surface area contributed by atoms with Crippen molar-refractivity contribution in [3.8, 4) is 22.6 Å². The fourth-order valence-corrected chi connectivity index (χ4v) is 2.72. The SMILES string of the molecule is CC.Cn1cc(-c2cncc3ccc(Oc4cc(F)cc(F)c4)cc23)cn1. The summed E-state index contributed by atoms with van der Waals surface area (Å²) in [6.45, 7) is 4.00. The zero-order valence-corrected chi connectivity index (χ0v) is 15.3. The number of hydrogen-bond acceptors (Lipinski definition) is 3. The van der Waals surface area contributed by atoms with E-state index in [0.717, 1.165) is 40.1 Å². The largest absolute Gasteiger partial charge is 0.457 e. The summed E-state index contributed by atoms with van der Waals surface area (Å²) < 4.78 is 34.0. The third-order valence-corrected chi connectivity index (χ3v) is 3.82. The van der Waals surface area contributed by atoms with E-state index in [4.69, 9.17) is 4.74 Å². The van der Waals surface area contributed by atoms with Crippen molar-refractivity contribution in [3.63, 3.8) is 0 Å². The first kappa shape index (κ1) is 18.5. The average molecular weight is 367 g/mol. The van der Waals surface area contributed by atoms with Gasteiger partial charge in [-0.15, -0.1) is 0 Å². The Morgan fingerprint density at radius 1 is 0.889 bits per heavy atom. The predicted molar refractivity (Wildman–Crippen MR) is 102 cm³/mol. The molecule has 27 heavy (non-hydrogen) atoms. The van der Waals surface area contributed by atoms with Crippen molar-refractivity contribution in [2.24, 2.45) is 7.05 Å². The molecular weight excluding hydrogens is 348 g/mol. The van der Waals surface area contributed by atoms with Crippen LogP contribution in [0.1, 0.15) is 13.8 Å². The minimum Gasteiger partial charge on any atom is -0.457 e. The molecule has 6 heteroatoms. The molecule has 0 aliphatic carbocycles. The van der Waals surface area contributed by atoms with Crippen LogP contribution >= 0.6 is 0 Å². The summed E-state index contributed by atoms with van der Waals surface area (Å²) in [5, 5.41) is 6.03. The second kappa shape index (κ2) is 7.95. The maximum absolute atomic E-state index is 13.3. The van der Waals surface area contributed by atoms with E-state index < -0.39 is 11.6 Å². The van der Waals surface area contributed by atoms with Crippen LogP contribution < -0.4 is 4.74 Å². The minimum atomic E-state index is -0.684. The van der Waals surface area contributed by atoms with Gasteiger partial charge in [0.1, 0.15) is 23.1 Å². The molecule has 0 saturated carbocycles. The average Bonchev–Trinajstić information content (AvgIpc) is 3.08. The lowest BCUT2D eigenvalue weighted by molar-refractivity contribution is 0.469. The molecule has 138 valence electrons. The molecule has 0 fully saturated rings. The number of halogens is 2. The molecule has 0 bridgehead atoms. The van der Waals surface area contributed by atoms with Gasteiger partial charge >= 0.3 is 0 Å². The Balaban J connectivity index is 0.00000102. The second-order valence-corrected chi connectivity index (χ2v) is 5.68. The van der Waals surface area contributed by atoms with Crippen molar-refractivity contribution < 1.29 is 13.5 Å². The van der Waals surface area contributed by atoms with E-state index in [9.17, 15) is 8.78 Å². The molecule has 0 spiro atoms. The van der Waals surface area contributed by atoms with Gasteiger partial charge in [0.05, 0.1) is 6.20 Å². The van der Waals surface area contributed by atoms with Gasteiger partial charge in [-0.3, -0.25) is 9.67 Å². The van der Waals surface area contributed by atoms with E-state index in [0.29, 0.717) is 5.75 Å². The molecule has 0 aliphatic rings. The first-order chi connectivity index (χ1) is 13.1. The summed E-state index contributed by atoms with van der Waals surface area (Å²) >= 11 is 0. The lowest BCUT2D eigenvalue weighted by Crippen LogP contribution is -1.89. The summed E-state index contributed by atoms with van der Waals surface area (Å²) in [5.41, 5.74) is 1.83. The number of rotatable bonds is 3. The Hall–Kier alpha value is -3.28. The van der Waals surface area contributed by atoms with E-state index in [2.05, 4.69) is 10.1 Å². The summed E-state index contributed by atoms with van der Waals surface area (Å²) in [6, 6.07) is 8.50. The minimum absolute atomic E-state index is 0.105. The molecule has 0 amide bonds. The molecule has 0 atom stereocenters. The maximum atomic E-state index is 13.3. The molecule has 0 N–H and O–H groups in total. The van der Waals surface area contributed by atoms with E-state index in [1.165, 1.54) is 0 Å². The highest BCUT2D eigenvalue weighted by Crippen LogP contribution is 2.32. The summed E-state index contributed by atoms with van der Waals surface area (Å²) in [4.78, 5) is 4.26. The molecule has 0 unspecified atom stereocenters. The van der Waals surface area contributed by atoms with Crippen LogP contribution in [0.25, 0.3) is 21.9 Å². The number of benzene rings is 2. The van der Waals surface area contributed by atoms with Crippen LogP contribution in [-0.2, 0) is 7.05 Å². The van der Waals surface area contributed by atoms with Crippen molar-refractivity contribution >= 4 is 10.8 Å². The fraction of sp³-hybridized carbons (Fsp3) is 0.143. The Morgan fingerprint density at radius 2 is 1.63 bits per heavy atom. The zero-order valence-electron chi connectivity index (χ0n) is 15.3. The van der Waals surface area contributed by atoms with Gasteiger partial charge in [0.15, 0.2) is 0 Å². The normalized spacial score (nSPS) is 10.4. The van der Waals surface area contributed by atoms with Crippen LogP contribution in [0, 0.1) is 11.6 Å². The Labute approximate surface area is 156 Å². The monoisotopic (exact) mass is 367 g/mol. The van der Waals surface area contributed by atoms with Gasteiger partial charge < -0.3 is 4.74 Å². The third-order valence-electron chi connectivity index (χ3n) is 3.82. The van der Waals surface area contributed by atoms with Crippen LogP contribution in [0.5, 0.6) is 11.5 Å². The van der Waals surface area contributed by atoms with Crippen LogP contribution in [0.15, 0.2) is 61.2 Å². The predicted octanol–water partition coefficient (Wildman–Crippen LogP) is 5.73. The van der Waals surface area contributed by atoms with E-state index in [-0.39, 0.29) is 5.75 Å². The van der Waals surface area contributed by atoms with Gasteiger partial charge in [-0.2, -0.15) is 5.10 Å². The van der Waals surface area contributed by atoms with Gasteiger partial charge in [0.2, 0.25) is 0 Å². The van der Waals surface area contributed by atoms with Crippen molar-refractivity contribution in [1.29, 1.82) is 0 Å². The molecule has 4 aromatic rings. The molecular formula is C21H19F2N3O. The number of fused-ring (bicyclic) bond motifs is 1. The second-order valence-electron chi connectivity index (χ2n) is 5.68. The van der Waals surface area contributed by atoms with Crippen LogP contribution in [-0.4, -0.2) is 14.8 Å². The standard InChI is InChI=1S/C19H13F2N3O.C2H6/c1-24-11-13(9-23-24)19-10-22-8-12-2-3-16(7-18(12)19)25-17-5-14(20)4-15(21)6-17;1-2/h2-11H,1H3;1-2H3. The van der Waals surface area contributed by atoms with Crippen molar-refractivity contribution in [2.75, 3.05) is 0 Å². The van der Waals surface area contributed by atoms with Gasteiger partial charge in [0.25, 0.3) is 0 Å². The fourth-order valence-electron chi connectivity index (χ4n) is 2.72. The number of pyridine rings is 1. The number of aryl methyl sites for hydroxylation is 1. The highest BCUT2D eigenvalue weighted by atomic mass is 19.1. The van der Waals surface area contributed by atoms with Gasteiger partial charge in [-0.05, 0) is 23.6 Å². The van der Waals surface area contributed by atoms with Crippen LogP contribution in [0.2, 0.25) is 0 Å². The summed E-state index contributed by atoms with van der Waals surface area (Å²) in [7, 11) is 1.84. The molecule has 4 rings (SSSR count). The molecule has 0 radical (unpaired) electrons. The molecule has 2 aromatic heterocycles. The lowest BCUT2D eigenvalue weighted by Gasteiger charge is -2.09. The maximum Gasteiger partial charge on any atom is 0.133 e. The smallest absolute Gasteiger partial charge is 0.133 e. The molecule has 0 aliphatic heterocycles. The van der Waals surface area contributed by atoms with Gasteiger partial charge in [-0.25, -0.2) is 8.78 Å². The molecule has 0 saturated heterocycles. The quantitative estimate of drug-likeness (QED) is 0.464. The third kappa shape index (κ3) is 4.11. The Bertz CT molecular complexity index is 1060. The van der Waals surface area contributed by atoms with Crippen LogP contribution in [0.4, 0.5) is 8.78 Å². The van der Waals surface area contributed by atoms with Crippen molar-refractivity contribution in [2.45, 2.75) is 13.8 Å². The number of aromatic nitrogens is 3. The molecule has 4 nitrogen and oxygen atoms in total. The van der Waals surface area contributed by atoms with E-state index >= 15 is 0 Å². The number of nitrogens with zero attached hydrogens (tertiary/aromatic N) is 3. The highest BCUT2D eigenvalue weighted by Gasteiger charge is 2.09. The first-order valence-electron chi connectivity index (χ1n) is 8.59. The van der Waals surface area contributed by atoms with Crippen LogP contribution in [0.3, 0.4) is 0 Å². The zero-order chi connectivity index (χ0) is 19.4. The van der Waals surface area contributed by atoms with Gasteiger partial charge in [0, 0.05) is 60.4 Å². The summed E-state index contributed by atoms with van der Waals surface area (Å²) in [6.07, 6.45) is 7.16. The van der Waals surface area contributed by atoms with Crippen molar-refractivity contribution in [1.82, 2.24) is 14.8 Å². The topological polar surface area (TPSA) is 39.9 Å². The van der Waals surface area contributed by atoms with E-state index in [1.54, 1.807) is 29.3 Å². The molecule has 2 heterocycles. The van der Waals surface area contributed by atoms with Crippen molar-refractivity contribution in [3.05, 3.63) is 72.8 Å². The Kier molecular flexibility index (Phi) is 5.45. The first-order valence-corrected chi connectivity index (χ1v) is 8.59.